The van der Waals surface area contributed by atoms with E-state index in [1.165, 1.54) is 14.1 Å². The van der Waals surface area contributed by atoms with E-state index in [0.29, 0.717) is 6.42 Å². The Kier molecular flexibility index (Phi) is 4.88. The Morgan fingerprint density at radius 3 is 2.45 bits per heavy atom. The van der Waals surface area contributed by atoms with Gasteiger partial charge in [0.05, 0.1) is 6.61 Å². The molecule has 0 rings (SSSR count). The monoisotopic (exact) mass is 183 g/mol. The molecule has 0 saturated heterocycles. The summed E-state index contributed by atoms with van der Waals surface area (Å²) in [7, 11) is -0.815. The summed E-state index contributed by atoms with van der Waals surface area (Å²) in [6.45, 7) is 2.07. The Bertz CT molecular complexity index is 149. The molecule has 1 unspecified atom stereocenters. The maximum atomic E-state index is 10.9. The van der Waals surface area contributed by atoms with Crippen LogP contribution in [0.2, 0.25) is 0 Å². The van der Waals surface area contributed by atoms with E-state index in [-0.39, 0.29) is 6.61 Å². The van der Waals surface area contributed by atoms with E-state index in [1.807, 2.05) is 6.92 Å². The lowest BCUT2D eigenvalue weighted by molar-refractivity contribution is -0.0415. The zero-order valence-corrected chi connectivity index (χ0v) is 7.88. The molecule has 0 spiro atoms. The molecule has 1 N–H and O–H groups in total. The molecule has 0 aromatic heterocycles. The van der Waals surface area contributed by atoms with Crippen LogP contribution in [0.5, 0.6) is 0 Å². The minimum absolute atomic E-state index is 0.224. The van der Waals surface area contributed by atoms with Crippen molar-refractivity contribution < 1.29 is 18.6 Å². The van der Waals surface area contributed by atoms with Crippen LogP contribution in [0.25, 0.3) is 0 Å². The number of hydrogen-bond acceptors (Lipinski definition) is 4. The molecular formula is C5H14NO4P. The molecule has 0 aliphatic carbocycles. The van der Waals surface area contributed by atoms with Crippen LogP contribution in [-0.4, -0.2) is 30.7 Å². The fourth-order valence-electron chi connectivity index (χ4n) is 0.437. The number of hydroxylamine groups is 2. The fourth-order valence-corrected chi connectivity index (χ4v) is 1.31. The van der Waals surface area contributed by atoms with E-state index in [9.17, 15) is 4.57 Å². The van der Waals surface area contributed by atoms with E-state index < -0.39 is 7.82 Å². The Balaban J connectivity index is 3.71. The fraction of sp³-hybridized carbons (Fsp3) is 1.00. The van der Waals surface area contributed by atoms with Crippen LogP contribution in [-0.2, 0) is 13.7 Å². The predicted octanol–water partition coefficient (Wildman–Crippen LogP) is 1.01. The number of nitrogens with zero attached hydrogens (tertiary/aromatic N) is 1. The van der Waals surface area contributed by atoms with Crippen LogP contribution in [0.4, 0.5) is 0 Å². The molecule has 0 aliphatic heterocycles. The highest BCUT2D eigenvalue weighted by Gasteiger charge is 2.21. The van der Waals surface area contributed by atoms with Gasteiger partial charge in [-0.2, -0.15) is 9.69 Å². The van der Waals surface area contributed by atoms with Gasteiger partial charge in [-0.3, -0.25) is 4.52 Å². The summed E-state index contributed by atoms with van der Waals surface area (Å²) in [4.78, 5) is 8.89. The quantitative estimate of drug-likeness (QED) is 0.509. The summed E-state index contributed by atoms with van der Waals surface area (Å²) >= 11 is 0. The average molecular weight is 183 g/mol. The van der Waals surface area contributed by atoms with Crippen LogP contribution < -0.4 is 0 Å². The molecule has 1 atom stereocenters. The highest BCUT2D eigenvalue weighted by Crippen LogP contribution is 2.43. The van der Waals surface area contributed by atoms with Crippen LogP contribution in [0.1, 0.15) is 13.3 Å². The maximum absolute atomic E-state index is 10.9. The summed E-state index contributed by atoms with van der Waals surface area (Å²) in [6.07, 6.45) is 0.682. The highest BCUT2D eigenvalue weighted by molar-refractivity contribution is 7.47. The van der Waals surface area contributed by atoms with Crippen LogP contribution in [0.3, 0.4) is 0 Å². The third-order valence-electron chi connectivity index (χ3n) is 0.725. The van der Waals surface area contributed by atoms with Crippen molar-refractivity contribution >= 4 is 7.82 Å². The Morgan fingerprint density at radius 2 is 2.09 bits per heavy atom. The first-order valence-corrected chi connectivity index (χ1v) is 4.82. The second kappa shape index (κ2) is 4.85. The zero-order valence-electron chi connectivity index (χ0n) is 6.98. The van der Waals surface area contributed by atoms with Crippen molar-refractivity contribution in [2.24, 2.45) is 0 Å². The van der Waals surface area contributed by atoms with Gasteiger partial charge in [0.25, 0.3) is 0 Å². The third kappa shape index (κ3) is 6.47. The minimum atomic E-state index is -3.84. The number of rotatable bonds is 5. The predicted molar refractivity (Wildman–Crippen MR) is 40.8 cm³/mol. The Morgan fingerprint density at radius 1 is 1.55 bits per heavy atom. The van der Waals surface area contributed by atoms with Gasteiger partial charge in [0.15, 0.2) is 0 Å². The lowest BCUT2D eigenvalue weighted by Crippen LogP contribution is -2.11. The van der Waals surface area contributed by atoms with Gasteiger partial charge < -0.3 is 4.89 Å². The van der Waals surface area contributed by atoms with Crippen LogP contribution in [0.15, 0.2) is 0 Å². The second-order valence-corrected chi connectivity index (χ2v) is 3.55. The molecular weight excluding hydrogens is 169 g/mol. The molecule has 0 heterocycles. The number of phosphoric ester groups is 1. The SMILES string of the molecule is CCCOP(=O)(O)ON(C)C. The second-order valence-electron chi connectivity index (χ2n) is 2.20. The molecule has 0 aromatic carbocycles. The van der Waals surface area contributed by atoms with E-state index in [0.717, 1.165) is 5.06 Å². The molecule has 6 heteroatoms. The largest absolute Gasteiger partial charge is 0.488 e. The molecule has 5 nitrogen and oxygen atoms in total. The average Bonchev–Trinajstić information content (AvgIpc) is 1.81. The Labute approximate surface area is 66.5 Å². The normalized spacial score (nSPS) is 16.8. The van der Waals surface area contributed by atoms with Crippen molar-refractivity contribution in [3.63, 3.8) is 0 Å². The molecule has 0 saturated carbocycles. The van der Waals surface area contributed by atoms with Crippen molar-refractivity contribution in [1.29, 1.82) is 0 Å². The molecule has 0 aromatic rings. The van der Waals surface area contributed by atoms with Gasteiger partial charge in [-0.05, 0) is 6.42 Å². The zero-order chi connectivity index (χ0) is 8.91. The van der Waals surface area contributed by atoms with Crippen LogP contribution >= 0.6 is 7.82 Å². The summed E-state index contributed by atoms with van der Waals surface area (Å²) in [5.41, 5.74) is 0. The summed E-state index contributed by atoms with van der Waals surface area (Å²) in [5, 5.41) is 1.14. The van der Waals surface area contributed by atoms with Gasteiger partial charge in [-0.1, -0.05) is 6.92 Å². The van der Waals surface area contributed by atoms with Crippen molar-refractivity contribution in [2.45, 2.75) is 13.3 Å². The lowest BCUT2D eigenvalue weighted by Gasteiger charge is -2.14. The van der Waals surface area contributed by atoms with Crippen LogP contribution in [0, 0.1) is 0 Å². The van der Waals surface area contributed by atoms with Crippen molar-refractivity contribution in [3.05, 3.63) is 0 Å². The third-order valence-corrected chi connectivity index (χ3v) is 1.77. The first-order chi connectivity index (χ1) is 4.98. The Hall–Kier alpha value is 0.0700. The molecule has 0 aliphatic rings. The lowest BCUT2D eigenvalue weighted by atomic mass is 10.5. The molecule has 0 fully saturated rings. The number of hydrogen-bond donors (Lipinski definition) is 1. The molecule has 0 amide bonds. The van der Waals surface area contributed by atoms with Gasteiger partial charge in [0.2, 0.25) is 0 Å². The summed E-state index contributed by atoms with van der Waals surface area (Å²) in [6, 6.07) is 0. The van der Waals surface area contributed by atoms with Gasteiger partial charge in [0, 0.05) is 14.1 Å². The molecule has 0 radical (unpaired) electrons. The van der Waals surface area contributed by atoms with E-state index in [1.54, 1.807) is 0 Å². The van der Waals surface area contributed by atoms with Crippen molar-refractivity contribution in [2.75, 3.05) is 20.7 Å². The topological polar surface area (TPSA) is 59.0 Å². The number of phosphoric acid groups is 1. The van der Waals surface area contributed by atoms with E-state index in [2.05, 4.69) is 9.15 Å². The van der Waals surface area contributed by atoms with Gasteiger partial charge >= 0.3 is 7.82 Å². The van der Waals surface area contributed by atoms with E-state index >= 15 is 0 Å². The molecule has 68 valence electrons. The van der Waals surface area contributed by atoms with Gasteiger partial charge in [-0.15, -0.1) is 0 Å². The van der Waals surface area contributed by atoms with E-state index in [4.69, 9.17) is 4.89 Å². The first kappa shape index (κ1) is 11.1. The first-order valence-electron chi connectivity index (χ1n) is 3.32. The van der Waals surface area contributed by atoms with Crippen molar-refractivity contribution in [3.8, 4) is 0 Å². The summed E-state index contributed by atoms with van der Waals surface area (Å²) in [5.74, 6) is 0. The minimum Gasteiger partial charge on any atom is -0.301 e. The molecule has 11 heavy (non-hydrogen) atoms. The smallest absolute Gasteiger partial charge is 0.301 e. The maximum Gasteiger partial charge on any atom is 0.488 e. The van der Waals surface area contributed by atoms with Gasteiger partial charge in [0.1, 0.15) is 0 Å². The van der Waals surface area contributed by atoms with Gasteiger partial charge in [-0.25, -0.2) is 4.57 Å². The van der Waals surface area contributed by atoms with Crippen molar-refractivity contribution in [1.82, 2.24) is 5.06 Å². The highest BCUT2D eigenvalue weighted by atomic mass is 31.2. The summed E-state index contributed by atoms with van der Waals surface area (Å²) < 4.78 is 19.9. The standard InChI is InChI=1S/C5H14NO4P/c1-4-5-9-11(7,8)10-6(2)3/h4-5H2,1-3H3,(H,7,8). The molecule has 0 bridgehead atoms.